The number of nitriles is 1. The number of carbonyl (C=O) groups excluding carboxylic acids is 1. The van der Waals surface area contributed by atoms with Crippen LogP contribution in [0.5, 0.6) is 0 Å². The molecule has 0 aromatic heterocycles. The third-order valence-electron chi connectivity index (χ3n) is 4.51. The van der Waals surface area contributed by atoms with Crippen LogP contribution in [0.15, 0.2) is 60.2 Å². The van der Waals surface area contributed by atoms with Crippen LogP contribution in [-0.4, -0.2) is 28.9 Å². The van der Waals surface area contributed by atoms with Gasteiger partial charge in [0, 0.05) is 30.0 Å². The summed E-state index contributed by atoms with van der Waals surface area (Å²) in [5.41, 5.74) is 1.13. The third-order valence-corrected chi connectivity index (χ3v) is 4.51. The second kappa shape index (κ2) is 7.50. The molecule has 0 saturated carbocycles. The van der Waals surface area contributed by atoms with Crippen LogP contribution in [0, 0.1) is 21.4 Å². The number of benzene rings is 2. The molecule has 1 N–H and O–H groups in total. The molecule has 1 aliphatic heterocycles. The number of esters is 1. The van der Waals surface area contributed by atoms with Gasteiger partial charge < -0.3 is 14.6 Å². The second-order valence-electron chi connectivity index (χ2n) is 6.20. The zero-order valence-corrected chi connectivity index (χ0v) is 14.9. The van der Waals surface area contributed by atoms with Crippen molar-refractivity contribution in [3.63, 3.8) is 0 Å². The fraction of sp³-hybridized carbons (Fsp3) is 0.200. The van der Waals surface area contributed by atoms with Crippen LogP contribution in [0.4, 0.5) is 5.69 Å². The van der Waals surface area contributed by atoms with Crippen molar-refractivity contribution >= 4 is 17.4 Å². The van der Waals surface area contributed by atoms with Gasteiger partial charge in [0.1, 0.15) is 5.76 Å². The van der Waals surface area contributed by atoms with Crippen LogP contribution in [-0.2, 0) is 14.3 Å². The van der Waals surface area contributed by atoms with E-state index in [0.29, 0.717) is 11.1 Å². The highest BCUT2D eigenvalue weighted by Crippen LogP contribution is 2.44. The molecule has 0 fully saturated rings. The van der Waals surface area contributed by atoms with Crippen LogP contribution in [0.1, 0.15) is 23.5 Å². The number of hydrogen-bond donors (Lipinski definition) is 1. The van der Waals surface area contributed by atoms with E-state index in [-0.39, 0.29) is 23.4 Å². The lowest BCUT2D eigenvalue weighted by atomic mass is 9.82. The molecule has 2 aromatic carbocycles. The van der Waals surface area contributed by atoms with E-state index in [9.17, 15) is 25.3 Å². The molecule has 28 heavy (non-hydrogen) atoms. The smallest absolute Gasteiger partial charge is 0.379 e. The molecule has 142 valence electrons. The number of methoxy groups -OCH3 is 1. The van der Waals surface area contributed by atoms with E-state index in [2.05, 4.69) is 10.8 Å². The Morgan fingerprint density at radius 3 is 2.46 bits per heavy atom. The number of non-ortho nitro benzene ring substituents is 1. The number of nitro groups is 1. The first kappa shape index (κ1) is 19.1. The first-order chi connectivity index (χ1) is 13.4. The maximum atomic E-state index is 12.2. The molecule has 0 unspecified atom stereocenters. The highest BCUT2D eigenvalue weighted by molar-refractivity contribution is 5.82. The topological polar surface area (TPSA) is 123 Å². The van der Waals surface area contributed by atoms with Gasteiger partial charge in [0.05, 0.1) is 23.7 Å². The predicted molar refractivity (Wildman–Crippen MR) is 97.5 cm³/mol. The minimum Gasteiger partial charge on any atom is -0.464 e. The first-order valence-corrected chi connectivity index (χ1v) is 8.33. The molecule has 8 nitrogen and oxygen atoms in total. The Morgan fingerprint density at radius 1 is 1.29 bits per heavy atom. The number of nitro benzene ring substituents is 1. The Morgan fingerprint density at radius 2 is 1.93 bits per heavy atom. The Kier molecular flexibility index (Phi) is 5.11. The zero-order chi connectivity index (χ0) is 20.3. The van der Waals surface area contributed by atoms with Gasteiger partial charge in [-0.25, -0.2) is 4.79 Å². The normalized spacial score (nSPS) is 21.4. The summed E-state index contributed by atoms with van der Waals surface area (Å²) in [5.74, 6) is -3.96. The Bertz CT molecular complexity index is 978. The van der Waals surface area contributed by atoms with Gasteiger partial charge >= 0.3 is 11.8 Å². The molecule has 0 radical (unpaired) electrons. The van der Waals surface area contributed by atoms with E-state index in [4.69, 9.17) is 4.74 Å². The SMILES string of the molecule is COC(=O)[C@]1(O)C[C@H](c2ccc([N+](=O)[O-])cc2)C(C#N)=C(c2ccccc2)O1. The van der Waals surface area contributed by atoms with Crippen molar-refractivity contribution in [1.29, 1.82) is 5.26 Å². The highest BCUT2D eigenvalue weighted by atomic mass is 16.7. The third kappa shape index (κ3) is 3.43. The summed E-state index contributed by atoms with van der Waals surface area (Å²) >= 11 is 0. The summed E-state index contributed by atoms with van der Waals surface area (Å²) in [4.78, 5) is 22.6. The minimum atomic E-state index is -2.30. The Hall–Kier alpha value is -3.70. The molecule has 3 rings (SSSR count). The lowest BCUT2D eigenvalue weighted by molar-refractivity contribution is -0.384. The molecule has 2 atom stereocenters. The van der Waals surface area contributed by atoms with Gasteiger partial charge in [-0.1, -0.05) is 42.5 Å². The highest BCUT2D eigenvalue weighted by Gasteiger charge is 2.48. The van der Waals surface area contributed by atoms with Crippen molar-refractivity contribution in [3.05, 3.63) is 81.4 Å². The van der Waals surface area contributed by atoms with Gasteiger partial charge in [-0.05, 0) is 5.56 Å². The number of carbonyl (C=O) groups is 1. The van der Waals surface area contributed by atoms with E-state index < -0.39 is 22.6 Å². The molecule has 0 saturated heterocycles. The van der Waals surface area contributed by atoms with E-state index in [0.717, 1.165) is 7.11 Å². The van der Waals surface area contributed by atoms with Crippen LogP contribution in [0.2, 0.25) is 0 Å². The van der Waals surface area contributed by atoms with Gasteiger partial charge in [-0.2, -0.15) is 5.26 Å². The van der Waals surface area contributed by atoms with Crippen molar-refractivity contribution in [1.82, 2.24) is 0 Å². The molecule has 0 bridgehead atoms. The number of ether oxygens (including phenoxy) is 2. The van der Waals surface area contributed by atoms with Crippen molar-refractivity contribution in [2.75, 3.05) is 7.11 Å². The lowest BCUT2D eigenvalue weighted by Crippen LogP contribution is -2.46. The van der Waals surface area contributed by atoms with Crippen LogP contribution < -0.4 is 0 Å². The Balaban J connectivity index is 2.16. The van der Waals surface area contributed by atoms with Crippen molar-refractivity contribution in [2.45, 2.75) is 18.1 Å². The van der Waals surface area contributed by atoms with Crippen molar-refractivity contribution in [3.8, 4) is 6.07 Å². The van der Waals surface area contributed by atoms with Crippen LogP contribution in [0.25, 0.3) is 5.76 Å². The second-order valence-corrected chi connectivity index (χ2v) is 6.20. The predicted octanol–water partition coefficient (Wildman–Crippen LogP) is 2.90. The van der Waals surface area contributed by atoms with E-state index in [1.54, 1.807) is 30.3 Å². The monoisotopic (exact) mass is 380 g/mol. The van der Waals surface area contributed by atoms with Crippen molar-refractivity contribution in [2.24, 2.45) is 0 Å². The number of allylic oxidation sites excluding steroid dienone is 1. The number of rotatable bonds is 4. The van der Waals surface area contributed by atoms with Crippen LogP contribution in [0.3, 0.4) is 0 Å². The molecular weight excluding hydrogens is 364 g/mol. The molecule has 0 spiro atoms. The standard InChI is InChI=1S/C20H16N2O6/c1-27-19(23)20(24)11-16(13-7-9-15(10-8-13)22(25)26)17(12-21)18(28-20)14-5-3-2-4-6-14/h2-10,16,24H,11H2,1H3/t16-,20+/m1/s1. The maximum absolute atomic E-state index is 12.2. The molecule has 1 aliphatic rings. The molecule has 0 aliphatic carbocycles. The van der Waals surface area contributed by atoms with Gasteiger partial charge in [0.2, 0.25) is 0 Å². The van der Waals surface area contributed by atoms with Gasteiger partial charge in [-0.15, -0.1) is 0 Å². The van der Waals surface area contributed by atoms with Crippen molar-refractivity contribution < 1.29 is 24.3 Å². The summed E-state index contributed by atoms with van der Waals surface area (Å²) in [6.07, 6.45) is -0.267. The first-order valence-electron chi connectivity index (χ1n) is 8.33. The molecular formula is C20H16N2O6. The molecule has 8 heteroatoms. The minimum absolute atomic E-state index is 0.0607. The van der Waals surface area contributed by atoms with Gasteiger partial charge in [-0.3, -0.25) is 10.1 Å². The van der Waals surface area contributed by atoms with Crippen LogP contribution >= 0.6 is 0 Å². The molecule has 1 heterocycles. The Labute approximate surface area is 160 Å². The summed E-state index contributed by atoms with van der Waals surface area (Å²) in [7, 11) is 1.12. The summed E-state index contributed by atoms with van der Waals surface area (Å²) in [5, 5.41) is 31.5. The number of hydrogen-bond acceptors (Lipinski definition) is 7. The number of aliphatic hydroxyl groups is 1. The fourth-order valence-corrected chi connectivity index (χ4v) is 3.13. The zero-order valence-electron chi connectivity index (χ0n) is 14.9. The van der Waals surface area contributed by atoms with Gasteiger partial charge in [0.25, 0.3) is 5.69 Å². The molecule has 0 amide bonds. The fourth-order valence-electron chi connectivity index (χ4n) is 3.13. The maximum Gasteiger partial charge on any atom is 0.379 e. The average molecular weight is 380 g/mol. The van der Waals surface area contributed by atoms with Gasteiger partial charge in [0.15, 0.2) is 0 Å². The van der Waals surface area contributed by atoms with E-state index in [1.807, 2.05) is 0 Å². The van der Waals surface area contributed by atoms with E-state index >= 15 is 0 Å². The summed E-state index contributed by atoms with van der Waals surface area (Å²) < 4.78 is 10.2. The molecule has 2 aromatic rings. The average Bonchev–Trinajstić information content (AvgIpc) is 2.73. The largest absolute Gasteiger partial charge is 0.464 e. The number of nitrogens with zero attached hydrogens (tertiary/aromatic N) is 2. The van der Waals surface area contributed by atoms with E-state index in [1.165, 1.54) is 24.3 Å². The summed E-state index contributed by atoms with van der Waals surface area (Å²) in [6.45, 7) is 0. The lowest BCUT2D eigenvalue weighted by Gasteiger charge is -2.36. The quantitative estimate of drug-likeness (QED) is 0.491. The summed E-state index contributed by atoms with van der Waals surface area (Å²) in [6, 6.07) is 16.3.